The molecule has 6 heteroatoms. The zero-order valence-electron chi connectivity index (χ0n) is 9.41. The van der Waals surface area contributed by atoms with E-state index in [4.69, 9.17) is 28.3 Å². The summed E-state index contributed by atoms with van der Waals surface area (Å²) in [7, 11) is 0. The van der Waals surface area contributed by atoms with E-state index in [1.807, 2.05) is 6.92 Å². The third-order valence-corrected chi connectivity index (χ3v) is 3.85. The lowest BCUT2D eigenvalue weighted by atomic mass is 10.1. The summed E-state index contributed by atoms with van der Waals surface area (Å²) in [6.07, 6.45) is -0.0727. The van der Waals surface area contributed by atoms with E-state index in [9.17, 15) is 4.79 Å². The van der Waals surface area contributed by atoms with Crippen molar-refractivity contribution in [1.29, 1.82) is 0 Å². The van der Waals surface area contributed by atoms with Gasteiger partial charge in [0, 0.05) is 15.5 Å². The molecule has 0 aliphatic heterocycles. The molecule has 18 heavy (non-hydrogen) atoms. The Bertz CT molecular complexity index is 610. The molecule has 3 nitrogen and oxygen atoms in total. The first kappa shape index (κ1) is 13.3. The molecule has 0 spiro atoms. The standard InChI is InChI=1S/C12H9Cl2NO2S/c1-6-12(15-10(18-6)5-11(16)17)8-3-2-7(13)4-9(8)14/h2-4H,5H2,1H3,(H,16,17). The second kappa shape index (κ2) is 5.26. The Hall–Kier alpha value is -1.10. The highest BCUT2D eigenvalue weighted by Crippen LogP contribution is 2.34. The Morgan fingerprint density at radius 3 is 2.78 bits per heavy atom. The van der Waals surface area contributed by atoms with Crippen LogP contribution in [0.1, 0.15) is 9.88 Å². The van der Waals surface area contributed by atoms with Gasteiger partial charge in [-0.3, -0.25) is 4.79 Å². The van der Waals surface area contributed by atoms with Crippen molar-refractivity contribution in [2.75, 3.05) is 0 Å². The Morgan fingerprint density at radius 2 is 2.17 bits per heavy atom. The van der Waals surface area contributed by atoms with Crippen molar-refractivity contribution in [2.24, 2.45) is 0 Å². The van der Waals surface area contributed by atoms with Crippen molar-refractivity contribution in [3.63, 3.8) is 0 Å². The number of carboxylic acids is 1. The third kappa shape index (κ3) is 2.83. The summed E-state index contributed by atoms with van der Waals surface area (Å²) >= 11 is 13.3. The van der Waals surface area contributed by atoms with Gasteiger partial charge in [-0.2, -0.15) is 0 Å². The van der Waals surface area contributed by atoms with Crippen molar-refractivity contribution < 1.29 is 9.90 Å². The maximum atomic E-state index is 10.7. The van der Waals surface area contributed by atoms with Crippen LogP contribution in [0.15, 0.2) is 18.2 Å². The minimum atomic E-state index is -0.891. The van der Waals surface area contributed by atoms with Crippen LogP contribution >= 0.6 is 34.5 Å². The van der Waals surface area contributed by atoms with E-state index in [0.29, 0.717) is 15.1 Å². The summed E-state index contributed by atoms with van der Waals surface area (Å²) < 4.78 is 0. The number of hydrogen-bond acceptors (Lipinski definition) is 3. The molecule has 1 aromatic carbocycles. The van der Waals surface area contributed by atoms with Crippen LogP contribution in [0.2, 0.25) is 10.0 Å². The highest BCUT2D eigenvalue weighted by atomic mass is 35.5. The second-order valence-corrected chi connectivity index (χ2v) is 5.84. The fourth-order valence-electron chi connectivity index (χ4n) is 1.59. The van der Waals surface area contributed by atoms with Gasteiger partial charge in [0.1, 0.15) is 5.01 Å². The molecule has 2 rings (SSSR count). The average Bonchev–Trinajstić information content (AvgIpc) is 2.58. The molecule has 1 heterocycles. The van der Waals surface area contributed by atoms with E-state index in [1.54, 1.807) is 18.2 Å². The van der Waals surface area contributed by atoms with Crippen molar-refractivity contribution in [3.8, 4) is 11.3 Å². The number of aromatic nitrogens is 1. The van der Waals surface area contributed by atoms with E-state index in [0.717, 1.165) is 16.1 Å². The van der Waals surface area contributed by atoms with Crippen LogP contribution in [-0.4, -0.2) is 16.1 Å². The topological polar surface area (TPSA) is 50.2 Å². The Kier molecular flexibility index (Phi) is 3.90. The minimum absolute atomic E-state index is 0.0727. The van der Waals surface area contributed by atoms with Gasteiger partial charge in [0.2, 0.25) is 0 Å². The summed E-state index contributed by atoms with van der Waals surface area (Å²) in [5.74, 6) is -0.891. The molecule has 0 bridgehead atoms. The summed E-state index contributed by atoms with van der Waals surface area (Å²) in [6.45, 7) is 1.89. The Morgan fingerprint density at radius 1 is 1.44 bits per heavy atom. The molecule has 0 unspecified atom stereocenters. The zero-order valence-corrected chi connectivity index (χ0v) is 11.7. The lowest BCUT2D eigenvalue weighted by molar-refractivity contribution is -0.136. The van der Waals surface area contributed by atoms with Crippen LogP contribution in [0.4, 0.5) is 0 Å². The van der Waals surface area contributed by atoms with Gasteiger partial charge in [-0.15, -0.1) is 11.3 Å². The number of rotatable bonds is 3. The van der Waals surface area contributed by atoms with Crippen molar-refractivity contribution in [1.82, 2.24) is 4.98 Å². The average molecular weight is 302 g/mol. The number of benzene rings is 1. The fourth-order valence-corrected chi connectivity index (χ4v) is 3.02. The van der Waals surface area contributed by atoms with E-state index in [-0.39, 0.29) is 6.42 Å². The Labute approximate surface area is 118 Å². The first-order chi connectivity index (χ1) is 8.47. The first-order valence-corrected chi connectivity index (χ1v) is 6.68. The highest BCUT2D eigenvalue weighted by molar-refractivity contribution is 7.12. The molecule has 0 aliphatic rings. The van der Waals surface area contributed by atoms with Gasteiger partial charge in [-0.05, 0) is 25.1 Å². The van der Waals surface area contributed by atoms with Crippen LogP contribution in [0, 0.1) is 6.92 Å². The number of aryl methyl sites for hydroxylation is 1. The first-order valence-electron chi connectivity index (χ1n) is 5.11. The van der Waals surface area contributed by atoms with E-state index < -0.39 is 5.97 Å². The smallest absolute Gasteiger partial charge is 0.310 e. The number of aliphatic carboxylic acids is 1. The quantitative estimate of drug-likeness (QED) is 0.930. The van der Waals surface area contributed by atoms with Gasteiger partial charge in [-0.1, -0.05) is 23.2 Å². The van der Waals surface area contributed by atoms with E-state index >= 15 is 0 Å². The van der Waals surface area contributed by atoms with Gasteiger partial charge >= 0.3 is 5.97 Å². The molecule has 94 valence electrons. The van der Waals surface area contributed by atoms with Gasteiger partial charge in [0.25, 0.3) is 0 Å². The molecular formula is C12H9Cl2NO2S. The number of nitrogens with zero attached hydrogens (tertiary/aromatic N) is 1. The molecule has 0 fully saturated rings. The maximum absolute atomic E-state index is 10.7. The highest BCUT2D eigenvalue weighted by Gasteiger charge is 2.14. The molecule has 0 atom stereocenters. The lowest BCUT2D eigenvalue weighted by Crippen LogP contribution is -1.99. The van der Waals surface area contributed by atoms with Gasteiger partial charge in [-0.25, -0.2) is 4.98 Å². The molecule has 0 saturated carbocycles. The third-order valence-electron chi connectivity index (χ3n) is 2.33. The van der Waals surface area contributed by atoms with E-state index in [2.05, 4.69) is 4.98 Å². The summed E-state index contributed by atoms with van der Waals surface area (Å²) in [5, 5.41) is 10.4. The fraction of sp³-hybridized carbons (Fsp3) is 0.167. The maximum Gasteiger partial charge on any atom is 0.310 e. The van der Waals surface area contributed by atoms with Crippen molar-refractivity contribution in [2.45, 2.75) is 13.3 Å². The monoisotopic (exact) mass is 301 g/mol. The molecule has 1 aromatic heterocycles. The lowest BCUT2D eigenvalue weighted by Gasteiger charge is -2.02. The summed E-state index contributed by atoms with van der Waals surface area (Å²) in [4.78, 5) is 15.9. The number of carboxylic acid groups (broad SMARTS) is 1. The van der Waals surface area contributed by atoms with Crippen LogP contribution in [0.5, 0.6) is 0 Å². The van der Waals surface area contributed by atoms with Crippen LogP contribution in [0.25, 0.3) is 11.3 Å². The molecular weight excluding hydrogens is 293 g/mol. The van der Waals surface area contributed by atoms with Crippen LogP contribution in [0.3, 0.4) is 0 Å². The predicted molar refractivity (Wildman–Crippen MR) is 73.6 cm³/mol. The number of halogens is 2. The predicted octanol–water partition coefficient (Wildman–Crippen LogP) is 4.05. The SMILES string of the molecule is Cc1sc(CC(=O)O)nc1-c1ccc(Cl)cc1Cl. The Balaban J connectivity index is 2.44. The van der Waals surface area contributed by atoms with Gasteiger partial charge in [0.05, 0.1) is 17.1 Å². The molecule has 0 amide bonds. The molecule has 1 N–H and O–H groups in total. The minimum Gasteiger partial charge on any atom is -0.481 e. The van der Waals surface area contributed by atoms with Crippen LogP contribution in [-0.2, 0) is 11.2 Å². The summed E-state index contributed by atoms with van der Waals surface area (Å²) in [5.41, 5.74) is 1.49. The van der Waals surface area contributed by atoms with Crippen molar-refractivity contribution in [3.05, 3.63) is 38.1 Å². The van der Waals surface area contributed by atoms with Gasteiger partial charge < -0.3 is 5.11 Å². The normalized spacial score (nSPS) is 10.6. The second-order valence-electron chi connectivity index (χ2n) is 3.71. The number of hydrogen-bond donors (Lipinski definition) is 1. The molecule has 0 aliphatic carbocycles. The zero-order chi connectivity index (χ0) is 13.3. The van der Waals surface area contributed by atoms with Crippen LogP contribution < -0.4 is 0 Å². The number of carbonyl (C=O) groups is 1. The van der Waals surface area contributed by atoms with E-state index in [1.165, 1.54) is 11.3 Å². The molecule has 2 aromatic rings. The van der Waals surface area contributed by atoms with Crippen molar-refractivity contribution >= 4 is 40.5 Å². The number of thiazole rings is 1. The molecule has 0 saturated heterocycles. The largest absolute Gasteiger partial charge is 0.481 e. The summed E-state index contributed by atoms with van der Waals surface area (Å²) in [6, 6.07) is 5.17. The van der Waals surface area contributed by atoms with Gasteiger partial charge in [0.15, 0.2) is 0 Å². The molecule has 0 radical (unpaired) electrons.